The summed E-state index contributed by atoms with van der Waals surface area (Å²) >= 11 is 0. The van der Waals surface area contributed by atoms with E-state index < -0.39 is 0 Å². The summed E-state index contributed by atoms with van der Waals surface area (Å²) in [6, 6.07) is 19.4. The number of nitrogens with one attached hydrogen (secondary N) is 1. The van der Waals surface area contributed by atoms with E-state index in [1.165, 1.54) is 10.9 Å². The Hall–Kier alpha value is -2.79. The fraction of sp³-hybridized carbons (Fsp3) is 0.464. The Balaban J connectivity index is 1.15. The molecule has 1 N–H and O–H groups in total. The van der Waals surface area contributed by atoms with Crippen molar-refractivity contribution < 1.29 is 9.53 Å². The number of carbonyl (C=O) groups excluding carboxylic acids is 1. The number of para-hydroxylation sites is 2. The predicted molar refractivity (Wildman–Crippen MR) is 132 cm³/mol. The minimum absolute atomic E-state index is 0.240. The first-order valence-corrected chi connectivity index (χ1v) is 12.4. The number of nitrogens with zero attached hydrogens (tertiary/aromatic N) is 2. The Morgan fingerprint density at radius 1 is 1.06 bits per heavy atom. The maximum atomic E-state index is 12.9. The predicted octanol–water partition coefficient (Wildman–Crippen LogP) is 4.88. The molecule has 5 rings (SSSR count). The molecule has 0 spiro atoms. The Bertz CT molecular complexity index is 1070. The molecule has 2 saturated heterocycles. The van der Waals surface area contributed by atoms with Crippen LogP contribution in [0.15, 0.2) is 60.8 Å². The van der Waals surface area contributed by atoms with Gasteiger partial charge in [-0.15, -0.1) is 0 Å². The maximum Gasteiger partial charge on any atom is 0.222 e. The van der Waals surface area contributed by atoms with E-state index in [2.05, 4.69) is 46.8 Å². The molecule has 0 aliphatic carbocycles. The number of hydrogen-bond acceptors (Lipinski definition) is 3. The number of aromatic amines is 1. The number of piperidine rings is 1. The lowest BCUT2D eigenvalue weighted by atomic mass is 9.79. The number of aryl methyl sites for hydroxylation is 1. The van der Waals surface area contributed by atoms with Gasteiger partial charge in [-0.25, -0.2) is 0 Å². The van der Waals surface area contributed by atoms with Crippen LogP contribution in [0.1, 0.15) is 38.7 Å². The van der Waals surface area contributed by atoms with Gasteiger partial charge >= 0.3 is 0 Å². The van der Waals surface area contributed by atoms with Crippen LogP contribution in [0.3, 0.4) is 0 Å². The monoisotopic (exact) mass is 445 g/mol. The molecule has 2 aliphatic rings. The summed E-state index contributed by atoms with van der Waals surface area (Å²) in [7, 11) is 0. The summed E-state index contributed by atoms with van der Waals surface area (Å²) in [6.07, 6.45) is 5.77. The van der Waals surface area contributed by atoms with E-state index in [-0.39, 0.29) is 12.0 Å². The van der Waals surface area contributed by atoms with Crippen LogP contribution in [0.4, 0.5) is 0 Å². The van der Waals surface area contributed by atoms with Crippen molar-refractivity contribution in [3.8, 4) is 5.75 Å². The average Bonchev–Trinajstić information content (AvgIpc) is 3.24. The molecule has 2 fully saturated rings. The number of fused-ring (bicyclic) bond motifs is 1. The van der Waals surface area contributed by atoms with Crippen molar-refractivity contribution >= 4 is 16.8 Å². The molecular weight excluding hydrogens is 410 g/mol. The Kier molecular flexibility index (Phi) is 6.41. The minimum atomic E-state index is 0.240. The highest BCUT2D eigenvalue weighted by atomic mass is 16.5. The number of likely N-dealkylation sites (tertiary alicyclic amines) is 2. The highest BCUT2D eigenvalue weighted by Crippen LogP contribution is 2.36. The zero-order valence-electron chi connectivity index (χ0n) is 19.7. The standard InChI is InChI=1S/C28H35N3O2/c1-20(2)31-19-26(33-23-8-4-3-5-9-23)28(31)21-14-16-30(17-15-21)27(32)13-12-22-18-29-25-11-7-6-10-24(22)25/h3-11,18,20-21,26,28-29H,12-17,19H2,1-2H3/t26-,28-/m0/s1. The van der Waals surface area contributed by atoms with Crippen molar-refractivity contribution in [3.05, 3.63) is 66.4 Å². The summed E-state index contributed by atoms with van der Waals surface area (Å²) < 4.78 is 6.36. The average molecular weight is 446 g/mol. The van der Waals surface area contributed by atoms with Gasteiger partial charge in [-0.05, 0) is 62.8 Å². The molecule has 0 unspecified atom stereocenters. The summed E-state index contributed by atoms with van der Waals surface area (Å²) in [5, 5.41) is 1.23. The molecule has 0 saturated carbocycles. The first kappa shape index (κ1) is 22.0. The first-order chi connectivity index (χ1) is 16.1. The van der Waals surface area contributed by atoms with Gasteiger partial charge in [0.15, 0.2) is 0 Å². The number of benzene rings is 2. The van der Waals surface area contributed by atoms with Crippen molar-refractivity contribution in [3.63, 3.8) is 0 Å². The zero-order chi connectivity index (χ0) is 22.8. The number of H-pyrrole nitrogens is 1. The molecule has 0 bridgehead atoms. The number of hydrogen-bond donors (Lipinski definition) is 1. The van der Waals surface area contributed by atoms with Gasteiger partial charge < -0.3 is 14.6 Å². The van der Waals surface area contributed by atoms with Crippen LogP contribution in [0.5, 0.6) is 5.75 Å². The number of ether oxygens (including phenoxy) is 1. The Labute approximate surface area is 196 Å². The molecule has 2 aromatic carbocycles. The van der Waals surface area contributed by atoms with Crippen LogP contribution < -0.4 is 4.74 Å². The van der Waals surface area contributed by atoms with Crippen molar-refractivity contribution in [1.82, 2.24) is 14.8 Å². The summed E-state index contributed by atoms with van der Waals surface area (Å²) in [5.41, 5.74) is 2.38. The third kappa shape index (κ3) is 4.65. The van der Waals surface area contributed by atoms with Gasteiger partial charge in [0, 0.05) is 49.2 Å². The van der Waals surface area contributed by atoms with E-state index >= 15 is 0 Å². The fourth-order valence-electron chi connectivity index (χ4n) is 5.65. The molecule has 2 aliphatic heterocycles. The molecule has 5 nitrogen and oxygen atoms in total. The van der Waals surface area contributed by atoms with Crippen molar-refractivity contribution in [1.29, 1.82) is 0 Å². The van der Waals surface area contributed by atoms with Gasteiger partial charge in [0.25, 0.3) is 0 Å². The fourth-order valence-corrected chi connectivity index (χ4v) is 5.65. The molecule has 3 heterocycles. The highest BCUT2D eigenvalue weighted by Gasteiger charge is 2.47. The van der Waals surface area contributed by atoms with Crippen LogP contribution in [0.25, 0.3) is 10.9 Å². The Morgan fingerprint density at radius 2 is 1.79 bits per heavy atom. The van der Waals surface area contributed by atoms with E-state index in [4.69, 9.17) is 4.74 Å². The highest BCUT2D eigenvalue weighted by molar-refractivity contribution is 5.84. The summed E-state index contributed by atoms with van der Waals surface area (Å²) in [5.74, 6) is 1.82. The molecule has 0 radical (unpaired) electrons. The largest absolute Gasteiger partial charge is 0.487 e. The van der Waals surface area contributed by atoms with E-state index in [1.54, 1.807) is 0 Å². The third-order valence-corrected chi connectivity index (χ3v) is 7.51. The van der Waals surface area contributed by atoms with Crippen LogP contribution in [0, 0.1) is 5.92 Å². The summed E-state index contributed by atoms with van der Waals surface area (Å²) in [4.78, 5) is 20.9. The second-order valence-electron chi connectivity index (χ2n) is 9.83. The second kappa shape index (κ2) is 9.60. The lowest BCUT2D eigenvalue weighted by molar-refractivity contribution is -0.135. The van der Waals surface area contributed by atoms with E-state index in [0.29, 0.717) is 24.4 Å². The van der Waals surface area contributed by atoms with Crippen LogP contribution in [-0.2, 0) is 11.2 Å². The van der Waals surface area contributed by atoms with Crippen LogP contribution >= 0.6 is 0 Å². The van der Waals surface area contributed by atoms with Crippen molar-refractivity contribution in [2.24, 2.45) is 5.92 Å². The maximum absolute atomic E-state index is 12.9. The van der Waals surface area contributed by atoms with Gasteiger partial charge in [-0.1, -0.05) is 36.4 Å². The lowest BCUT2D eigenvalue weighted by Gasteiger charge is -2.54. The van der Waals surface area contributed by atoms with Crippen molar-refractivity contribution in [2.75, 3.05) is 19.6 Å². The number of rotatable bonds is 7. The van der Waals surface area contributed by atoms with Crippen LogP contribution in [-0.4, -0.2) is 58.5 Å². The number of aromatic nitrogens is 1. The molecule has 2 atom stereocenters. The minimum Gasteiger partial charge on any atom is -0.487 e. The van der Waals surface area contributed by atoms with E-state index in [0.717, 1.165) is 50.2 Å². The van der Waals surface area contributed by atoms with E-state index in [9.17, 15) is 4.79 Å². The second-order valence-corrected chi connectivity index (χ2v) is 9.83. The lowest BCUT2D eigenvalue weighted by Crippen LogP contribution is -2.68. The molecular formula is C28H35N3O2. The zero-order valence-corrected chi connectivity index (χ0v) is 19.7. The normalized spacial score (nSPS) is 22.0. The van der Waals surface area contributed by atoms with Gasteiger partial charge in [0.05, 0.1) is 6.04 Å². The molecule has 1 aromatic heterocycles. The first-order valence-electron chi connectivity index (χ1n) is 12.4. The number of carbonyl (C=O) groups is 1. The molecule has 33 heavy (non-hydrogen) atoms. The topological polar surface area (TPSA) is 48.6 Å². The van der Waals surface area contributed by atoms with Crippen molar-refractivity contribution in [2.45, 2.75) is 57.7 Å². The molecule has 1 amide bonds. The smallest absolute Gasteiger partial charge is 0.222 e. The molecule has 3 aromatic rings. The summed E-state index contributed by atoms with van der Waals surface area (Å²) in [6.45, 7) is 7.25. The van der Waals surface area contributed by atoms with Gasteiger partial charge in [0.2, 0.25) is 5.91 Å². The quantitative estimate of drug-likeness (QED) is 0.564. The van der Waals surface area contributed by atoms with Gasteiger partial charge in [-0.3, -0.25) is 9.69 Å². The number of amides is 1. The SMILES string of the molecule is CC(C)N1C[C@H](Oc2ccccc2)[C@@H]1C1CCN(C(=O)CCc2c[nH]c3ccccc23)CC1. The molecule has 174 valence electrons. The van der Waals surface area contributed by atoms with E-state index in [1.807, 2.05) is 42.6 Å². The third-order valence-electron chi connectivity index (χ3n) is 7.51. The molecule has 5 heteroatoms. The van der Waals surface area contributed by atoms with Gasteiger partial charge in [-0.2, -0.15) is 0 Å². The van der Waals surface area contributed by atoms with Gasteiger partial charge in [0.1, 0.15) is 11.9 Å². The Morgan fingerprint density at radius 3 is 2.55 bits per heavy atom. The van der Waals surface area contributed by atoms with Crippen LogP contribution in [0.2, 0.25) is 0 Å².